The monoisotopic (exact) mass is 315 g/mol. The van der Waals surface area contributed by atoms with E-state index in [-0.39, 0.29) is 17.9 Å². The van der Waals surface area contributed by atoms with E-state index in [1.165, 1.54) is 11.3 Å². The summed E-state index contributed by atoms with van der Waals surface area (Å²) >= 11 is 0. The number of anilines is 1. The van der Waals surface area contributed by atoms with Crippen LogP contribution in [-0.2, 0) is 16.0 Å². The van der Waals surface area contributed by atoms with Gasteiger partial charge in [-0.2, -0.15) is 0 Å². The molecule has 2 aliphatic rings. The van der Waals surface area contributed by atoms with Gasteiger partial charge < -0.3 is 15.1 Å². The van der Waals surface area contributed by atoms with Crippen LogP contribution in [0.3, 0.4) is 0 Å². The van der Waals surface area contributed by atoms with E-state index in [0.717, 1.165) is 19.4 Å². The summed E-state index contributed by atoms with van der Waals surface area (Å²) in [6, 6.07) is 8.54. The third-order valence-corrected chi connectivity index (χ3v) is 5.01. The van der Waals surface area contributed by atoms with Gasteiger partial charge in [0, 0.05) is 38.3 Å². The first-order chi connectivity index (χ1) is 11.1. The predicted octanol–water partition coefficient (Wildman–Crippen LogP) is 1.56. The molecule has 0 bridgehead atoms. The lowest BCUT2D eigenvalue weighted by Crippen LogP contribution is -2.43. The number of fused-ring (bicyclic) bond motifs is 1. The first-order valence-electron chi connectivity index (χ1n) is 8.45. The molecule has 2 aliphatic heterocycles. The van der Waals surface area contributed by atoms with E-state index >= 15 is 0 Å². The van der Waals surface area contributed by atoms with Crippen molar-refractivity contribution in [1.82, 2.24) is 10.2 Å². The van der Waals surface area contributed by atoms with E-state index in [9.17, 15) is 9.59 Å². The van der Waals surface area contributed by atoms with Gasteiger partial charge in [0.15, 0.2) is 0 Å². The van der Waals surface area contributed by atoms with Crippen molar-refractivity contribution in [2.75, 3.05) is 25.0 Å². The number of nitrogens with zero attached hydrogens (tertiary/aromatic N) is 2. The van der Waals surface area contributed by atoms with Gasteiger partial charge in [-0.15, -0.1) is 0 Å². The number of carbonyl (C=O) groups excluding carboxylic acids is 2. The van der Waals surface area contributed by atoms with E-state index < -0.39 is 0 Å². The Morgan fingerprint density at radius 2 is 2.09 bits per heavy atom. The third-order valence-electron chi connectivity index (χ3n) is 5.01. The lowest BCUT2D eigenvalue weighted by atomic mass is 9.96. The second-order valence-electron chi connectivity index (χ2n) is 6.63. The zero-order chi connectivity index (χ0) is 16.4. The number of para-hydroxylation sites is 1. The van der Waals surface area contributed by atoms with Crippen molar-refractivity contribution >= 4 is 17.5 Å². The molecule has 3 rings (SSSR count). The lowest BCUT2D eigenvalue weighted by molar-refractivity contribution is -0.131. The smallest absolute Gasteiger partial charge is 0.244 e. The highest BCUT2D eigenvalue weighted by atomic mass is 16.2. The van der Waals surface area contributed by atoms with Crippen molar-refractivity contribution in [1.29, 1.82) is 0 Å². The topological polar surface area (TPSA) is 52.7 Å². The van der Waals surface area contributed by atoms with E-state index in [1.54, 1.807) is 11.9 Å². The number of likely N-dealkylation sites (tertiary alicyclic amines) is 1. The molecular formula is C18H25N3O2. The SMILES string of the molecule is C[C@@H]1CCc2ccccc2N1CCC(=O)N[C@@H]1CCN(C)C1=O. The minimum absolute atomic E-state index is 0.0232. The van der Waals surface area contributed by atoms with Crippen molar-refractivity contribution in [2.24, 2.45) is 0 Å². The minimum Gasteiger partial charge on any atom is -0.368 e. The summed E-state index contributed by atoms with van der Waals surface area (Å²) in [6.07, 6.45) is 3.35. The quantitative estimate of drug-likeness (QED) is 0.917. The molecule has 2 atom stereocenters. The number of hydrogen-bond donors (Lipinski definition) is 1. The van der Waals surface area contributed by atoms with E-state index in [1.807, 2.05) is 0 Å². The standard InChI is InChI=1S/C18H25N3O2/c1-13-7-8-14-5-3-4-6-16(14)21(13)12-10-17(22)19-15-9-11-20(2)18(15)23/h3-6,13,15H,7-12H2,1-2H3,(H,19,22)/t13-,15-/m1/s1. The van der Waals surface area contributed by atoms with E-state index in [0.29, 0.717) is 25.4 Å². The summed E-state index contributed by atoms with van der Waals surface area (Å²) in [5, 5.41) is 2.88. The van der Waals surface area contributed by atoms with Crippen molar-refractivity contribution in [3.05, 3.63) is 29.8 Å². The number of aryl methyl sites for hydroxylation is 1. The number of likely N-dealkylation sites (N-methyl/N-ethyl adjacent to an activating group) is 1. The van der Waals surface area contributed by atoms with Crippen LogP contribution in [0.5, 0.6) is 0 Å². The Bertz CT molecular complexity index is 602. The van der Waals surface area contributed by atoms with Gasteiger partial charge in [0.05, 0.1) is 0 Å². The number of amides is 2. The van der Waals surface area contributed by atoms with Crippen LogP contribution in [0.15, 0.2) is 24.3 Å². The van der Waals surface area contributed by atoms with Gasteiger partial charge in [-0.1, -0.05) is 18.2 Å². The number of benzene rings is 1. The average molecular weight is 315 g/mol. The molecule has 1 fully saturated rings. The van der Waals surface area contributed by atoms with Crippen LogP contribution in [0.2, 0.25) is 0 Å². The Labute approximate surface area is 137 Å². The molecule has 0 saturated carbocycles. The van der Waals surface area contributed by atoms with Crippen LogP contribution in [0.1, 0.15) is 31.7 Å². The van der Waals surface area contributed by atoms with Crippen molar-refractivity contribution < 1.29 is 9.59 Å². The first kappa shape index (κ1) is 15.8. The maximum absolute atomic E-state index is 12.2. The number of rotatable bonds is 4. The fourth-order valence-electron chi connectivity index (χ4n) is 3.55. The molecule has 0 radical (unpaired) electrons. The fourth-order valence-corrected chi connectivity index (χ4v) is 3.55. The van der Waals surface area contributed by atoms with Gasteiger partial charge in [0.2, 0.25) is 11.8 Å². The van der Waals surface area contributed by atoms with Crippen LogP contribution in [0.4, 0.5) is 5.69 Å². The van der Waals surface area contributed by atoms with Crippen molar-refractivity contribution in [3.8, 4) is 0 Å². The molecule has 23 heavy (non-hydrogen) atoms. The molecule has 0 aromatic heterocycles. The van der Waals surface area contributed by atoms with Gasteiger partial charge in [0.25, 0.3) is 0 Å². The van der Waals surface area contributed by atoms with Crippen LogP contribution in [0.25, 0.3) is 0 Å². The Morgan fingerprint density at radius 1 is 1.30 bits per heavy atom. The molecule has 1 aromatic rings. The molecule has 0 unspecified atom stereocenters. The molecule has 1 saturated heterocycles. The zero-order valence-electron chi connectivity index (χ0n) is 13.9. The molecule has 1 N–H and O–H groups in total. The first-order valence-corrected chi connectivity index (χ1v) is 8.45. The van der Waals surface area contributed by atoms with Crippen LogP contribution < -0.4 is 10.2 Å². The summed E-state index contributed by atoms with van der Waals surface area (Å²) < 4.78 is 0. The Kier molecular flexibility index (Phi) is 4.55. The molecule has 2 heterocycles. The van der Waals surface area contributed by atoms with Gasteiger partial charge in [0.1, 0.15) is 6.04 Å². The van der Waals surface area contributed by atoms with Gasteiger partial charge in [-0.05, 0) is 37.8 Å². The maximum atomic E-state index is 12.2. The number of hydrogen-bond acceptors (Lipinski definition) is 3. The maximum Gasteiger partial charge on any atom is 0.244 e. The summed E-state index contributed by atoms with van der Waals surface area (Å²) in [5.41, 5.74) is 2.61. The summed E-state index contributed by atoms with van der Waals surface area (Å²) in [6.45, 7) is 3.63. The highest BCUT2D eigenvalue weighted by Crippen LogP contribution is 2.30. The lowest BCUT2D eigenvalue weighted by Gasteiger charge is -2.37. The molecule has 2 amide bonds. The second kappa shape index (κ2) is 6.60. The Morgan fingerprint density at radius 3 is 2.83 bits per heavy atom. The van der Waals surface area contributed by atoms with Crippen molar-refractivity contribution in [2.45, 2.75) is 44.7 Å². The molecule has 0 spiro atoms. The highest BCUT2D eigenvalue weighted by molar-refractivity contribution is 5.89. The molecule has 1 aromatic carbocycles. The van der Waals surface area contributed by atoms with Crippen LogP contribution in [-0.4, -0.2) is 48.9 Å². The largest absolute Gasteiger partial charge is 0.368 e. The number of nitrogens with one attached hydrogen (secondary N) is 1. The third kappa shape index (κ3) is 3.33. The Hall–Kier alpha value is -2.04. The van der Waals surface area contributed by atoms with E-state index in [2.05, 4.69) is 41.4 Å². The molecule has 124 valence electrons. The van der Waals surface area contributed by atoms with Gasteiger partial charge >= 0.3 is 0 Å². The molecule has 5 heteroatoms. The average Bonchev–Trinajstić information content (AvgIpc) is 2.86. The van der Waals surface area contributed by atoms with Gasteiger partial charge in [-0.3, -0.25) is 9.59 Å². The van der Waals surface area contributed by atoms with E-state index in [4.69, 9.17) is 0 Å². The summed E-state index contributed by atoms with van der Waals surface area (Å²) in [4.78, 5) is 28.1. The predicted molar refractivity (Wildman–Crippen MR) is 90.4 cm³/mol. The second-order valence-corrected chi connectivity index (χ2v) is 6.63. The zero-order valence-corrected chi connectivity index (χ0v) is 13.9. The summed E-state index contributed by atoms with van der Waals surface area (Å²) in [7, 11) is 1.78. The van der Waals surface area contributed by atoms with Gasteiger partial charge in [-0.25, -0.2) is 0 Å². The normalized spacial score (nSPS) is 23.8. The molecule has 5 nitrogen and oxygen atoms in total. The summed E-state index contributed by atoms with van der Waals surface area (Å²) in [5.74, 6) is -0.0102. The van der Waals surface area contributed by atoms with Crippen LogP contribution in [0, 0.1) is 0 Å². The highest BCUT2D eigenvalue weighted by Gasteiger charge is 2.30. The number of carbonyl (C=O) groups is 2. The van der Waals surface area contributed by atoms with Crippen molar-refractivity contribution in [3.63, 3.8) is 0 Å². The van der Waals surface area contributed by atoms with Crippen LogP contribution >= 0.6 is 0 Å². The molecular weight excluding hydrogens is 290 g/mol. The minimum atomic E-state index is -0.335. The Balaban J connectivity index is 1.58. The fraction of sp³-hybridized carbons (Fsp3) is 0.556. The molecule has 0 aliphatic carbocycles.